The molecular weight excluding hydrogens is 835 g/mol. The quantitative estimate of drug-likeness (QED) is 0.0954. The Bertz CT molecular complexity index is 2290. The van der Waals surface area contributed by atoms with Crippen LogP contribution in [0.3, 0.4) is 0 Å². The SMILES string of the molecule is COCO[C@H]1C[C@H]2OC[C@@]2(OC(C)=O)[C@H]2[C@H](OC(=O)c3ccccc3)[C@]3(O)C[C@H](OC(=O)[C@H](O)[C@H](NC(=O)c4ccccc4)c4ccco4)C(C)=C([C@@H](OC(C)=O)C(=O)[C@]12C)C3(C)C. The van der Waals surface area contributed by atoms with Gasteiger partial charge in [-0.05, 0) is 61.4 Å². The van der Waals surface area contributed by atoms with Crippen molar-refractivity contribution in [3.05, 3.63) is 107 Å². The van der Waals surface area contributed by atoms with Crippen LogP contribution in [0.5, 0.6) is 0 Å². The van der Waals surface area contributed by atoms with E-state index in [9.17, 15) is 34.2 Å². The monoisotopic (exact) mass is 887 g/mol. The topological polar surface area (TPSA) is 233 Å². The highest BCUT2D eigenvalue weighted by atomic mass is 16.7. The minimum Gasteiger partial charge on any atom is -0.467 e. The van der Waals surface area contributed by atoms with Crippen LogP contribution >= 0.6 is 0 Å². The van der Waals surface area contributed by atoms with Crippen LogP contribution in [0.2, 0.25) is 0 Å². The highest BCUT2D eigenvalue weighted by molar-refractivity contribution is 5.96. The number of esters is 4. The average molecular weight is 888 g/mol. The number of hydrogen-bond donors (Lipinski definition) is 3. The zero-order valence-corrected chi connectivity index (χ0v) is 36.6. The molecule has 1 aliphatic heterocycles. The Morgan fingerprint density at radius 2 is 1.55 bits per heavy atom. The molecule has 1 amide bonds. The summed E-state index contributed by atoms with van der Waals surface area (Å²) in [5.41, 5.74) is -7.19. The van der Waals surface area contributed by atoms with Crippen LogP contribution in [-0.4, -0.2) is 114 Å². The van der Waals surface area contributed by atoms with Gasteiger partial charge in [-0.25, -0.2) is 9.59 Å². The molecule has 1 saturated heterocycles. The van der Waals surface area contributed by atoms with Crippen molar-refractivity contribution < 1.29 is 76.6 Å². The first-order valence-electron chi connectivity index (χ1n) is 20.9. The van der Waals surface area contributed by atoms with Crippen molar-refractivity contribution in [2.45, 2.75) is 108 Å². The normalized spacial score (nSPS) is 31.3. The number of fused-ring (bicyclic) bond motifs is 5. The second kappa shape index (κ2) is 17.7. The van der Waals surface area contributed by atoms with Gasteiger partial charge in [0.25, 0.3) is 5.91 Å². The smallest absolute Gasteiger partial charge is 0.338 e. The number of furan rings is 1. The van der Waals surface area contributed by atoms with Gasteiger partial charge in [0.1, 0.15) is 42.5 Å². The number of ether oxygens (including phenoxy) is 7. The molecule has 0 radical (unpaired) electrons. The van der Waals surface area contributed by atoms with Gasteiger partial charge in [-0.3, -0.25) is 19.2 Å². The molecule has 64 heavy (non-hydrogen) atoms. The summed E-state index contributed by atoms with van der Waals surface area (Å²) >= 11 is 0. The van der Waals surface area contributed by atoms with Gasteiger partial charge in [-0.2, -0.15) is 0 Å². The van der Waals surface area contributed by atoms with Gasteiger partial charge in [0.15, 0.2) is 23.6 Å². The van der Waals surface area contributed by atoms with E-state index in [-0.39, 0.29) is 47.9 Å². The van der Waals surface area contributed by atoms with Crippen molar-refractivity contribution in [3.8, 4) is 0 Å². The van der Waals surface area contributed by atoms with Gasteiger partial charge in [-0.15, -0.1) is 0 Å². The van der Waals surface area contributed by atoms with Gasteiger partial charge in [-0.1, -0.05) is 50.2 Å². The molecule has 342 valence electrons. The lowest BCUT2D eigenvalue weighted by molar-refractivity contribution is -0.351. The Morgan fingerprint density at radius 1 is 0.891 bits per heavy atom. The van der Waals surface area contributed by atoms with Gasteiger partial charge < -0.3 is 53.1 Å². The van der Waals surface area contributed by atoms with E-state index in [1.807, 2.05) is 0 Å². The van der Waals surface area contributed by atoms with Crippen LogP contribution in [0.4, 0.5) is 0 Å². The molecule has 2 aromatic carbocycles. The molecule has 3 aromatic rings. The predicted octanol–water partition coefficient (Wildman–Crippen LogP) is 3.96. The summed E-state index contributed by atoms with van der Waals surface area (Å²) in [6.07, 6.45) is -8.55. The van der Waals surface area contributed by atoms with Crippen LogP contribution in [0.1, 0.15) is 86.9 Å². The number of nitrogens with one attached hydrogen (secondary N) is 1. The third-order valence-corrected chi connectivity index (χ3v) is 13.5. The fourth-order valence-electron chi connectivity index (χ4n) is 10.3. The number of methoxy groups -OCH3 is 1. The molecule has 0 unspecified atom stereocenters. The minimum atomic E-state index is -2.38. The Hall–Kier alpha value is -5.72. The minimum absolute atomic E-state index is 0.0145. The number of carbonyl (C=O) groups is 6. The third kappa shape index (κ3) is 7.82. The fraction of sp³-hybridized carbons (Fsp3) is 0.489. The first-order chi connectivity index (χ1) is 30.3. The molecule has 2 saturated carbocycles. The number of ketones is 1. The molecule has 0 spiro atoms. The van der Waals surface area contributed by atoms with E-state index in [1.165, 1.54) is 70.5 Å². The second-order valence-corrected chi connectivity index (χ2v) is 17.5. The average Bonchev–Trinajstić information content (AvgIpc) is 3.80. The lowest BCUT2D eigenvalue weighted by Crippen LogP contribution is -2.82. The number of aliphatic hydroxyl groups excluding tert-OH is 1. The number of carbonyl (C=O) groups excluding carboxylic acids is 6. The summed E-state index contributed by atoms with van der Waals surface area (Å²) in [4.78, 5) is 84.2. The molecule has 3 N–H and O–H groups in total. The van der Waals surface area contributed by atoms with E-state index in [0.29, 0.717) is 0 Å². The summed E-state index contributed by atoms with van der Waals surface area (Å²) in [5.74, 6) is -6.69. The molecule has 2 bridgehead atoms. The van der Waals surface area contributed by atoms with Gasteiger partial charge in [0, 0.05) is 44.8 Å². The molecule has 17 nitrogen and oxygen atoms in total. The largest absolute Gasteiger partial charge is 0.467 e. The first-order valence-corrected chi connectivity index (χ1v) is 20.9. The van der Waals surface area contributed by atoms with E-state index in [4.69, 9.17) is 37.6 Å². The van der Waals surface area contributed by atoms with Crippen LogP contribution in [0.25, 0.3) is 0 Å². The number of Topliss-reactive ketones (excluding diaryl/α,β-unsaturated/α-hetero) is 1. The van der Waals surface area contributed by atoms with E-state index in [1.54, 1.807) is 50.2 Å². The Labute approximate surface area is 369 Å². The maximum atomic E-state index is 15.9. The highest BCUT2D eigenvalue weighted by Gasteiger charge is 2.78. The Kier molecular flexibility index (Phi) is 12.8. The van der Waals surface area contributed by atoms with Gasteiger partial charge in [0.2, 0.25) is 0 Å². The summed E-state index contributed by atoms with van der Waals surface area (Å²) in [6.45, 7) is 7.90. The molecule has 7 rings (SSSR count). The highest BCUT2D eigenvalue weighted by Crippen LogP contribution is 2.65. The molecule has 3 fully saturated rings. The maximum Gasteiger partial charge on any atom is 0.338 e. The van der Waals surface area contributed by atoms with Crippen molar-refractivity contribution in [1.29, 1.82) is 0 Å². The summed E-state index contributed by atoms with van der Waals surface area (Å²) in [5, 5.41) is 28.2. The van der Waals surface area contributed by atoms with Crippen molar-refractivity contribution >= 4 is 35.6 Å². The van der Waals surface area contributed by atoms with Crippen molar-refractivity contribution in [3.63, 3.8) is 0 Å². The van der Waals surface area contributed by atoms with Gasteiger partial charge >= 0.3 is 23.9 Å². The van der Waals surface area contributed by atoms with Gasteiger partial charge in [0.05, 0.1) is 35.9 Å². The standard InChI is InChI=1S/C47H53NO16/c1-25-31(62-43(55)36(51)35(30-19-14-20-58-30)48-41(53)28-15-10-8-11-16-28)22-47(56)40(63-42(54)29-17-12-9-13-18-29)38-45(6,39(52)37(61-26(2)49)34(25)44(47,4)5)32(60-24-57-7)21-33-46(38,23-59-33)64-27(3)50/h8-20,31-33,35-38,40,51,56H,21-24H2,1-7H3,(H,48,53)/t31-,32-,33+,35+,36+,37+,38-,40-,45+,46-,47+/m0/s1. The zero-order chi connectivity index (χ0) is 46.4. The molecule has 4 aliphatic rings. The molecule has 2 heterocycles. The molecule has 17 heteroatoms. The van der Waals surface area contributed by atoms with Crippen LogP contribution in [0, 0.1) is 16.7 Å². The summed E-state index contributed by atoms with van der Waals surface area (Å²) < 4.78 is 47.8. The number of aliphatic hydroxyl groups is 2. The van der Waals surface area contributed by atoms with E-state index in [2.05, 4.69) is 5.32 Å². The number of hydrogen-bond acceptors (Lipinski definition) is 16. The van der Waals surface area contributed by atoms with E-state index in [0.717, 1.165) is 6.92 Å². The summed E-state index contributed by atoms with van der Waals surface area (Å²) in [6, 6.07) is 17.5. The predicted molar refractivity (Wildman–Crippen MR) is 221 cm³/mol. The number of rotatable bonds is 13. The van der Waals surface area contributed by atoms with Crippen LogP contribution < -0.4 is 5.32 Å². The molecule has 3 aliphatic carbocycles. The van der Waals surface area contributed by atoms with Crippen molar-refractivity contribution in [2.24, 2.45) is 16.7 Å². The Morgan fingerprint density at radius 3 is 2.11 bits per heavy atom. The van der Waals surface area contributed by atoms with E-state index >= 15 is 4.79 Å². The molecule has 1 aromatic heterocycles. The number of benzene rings is 2. The van der Waals surface area contributed by atoms with Crippen LogP contribution in [0.15, 0.2) is 94.6 Å². The second-order valence-electron chi connectivity index (χ2n) is 17.5. The molecule has 11 atom stereocenters. The van der Waals surface area contributed by atoms with Crippen molar-refractivity contribution in [2.75, 3.05) is 20.5 Å². The zero-order valence-electron chi connectivity index (χ0n) is 36.6. The molecular formula is C47H53NO16. The van der Waals surface area contributed by atoms with Crippen LogP contribution in [-0.2, 0) is 52.3 Å². The van der Waals surface area contributed by atoms with E-state index < -0.39 is 113 Å². The lowest BCUT2D eigenvalue weighted by Gasteiger charge is -2.67. The number of amides is 1. The van der Waals surface area contributed by atoms with Crippen molar-refractivity contribution in [1.82, 2.24) is 5.32 Å². The third-order valence-electron chi connectivity index (χ3n) is 13.5. The first kappa shape index (κ1) is 46.3. The fourth-order valence-corrected chi connectivity index (χ4v) is 10.3. The lowest BCUT2D eigenvalue weighted by atomic mass is 9.44. The summed E-state index contributed by atoms with van der Waals surface area (Å²) in [7, 11) is 1.38. The maximum absolute atomic E-state index is 15.9. The Balaban J connectivity index is 1.41.